The molecule has 0 atom stereocenters. The molecule has 98 valence electrons. The van der Waals surface area contributed by atoms with Gasteiger partial charge in [0.1, 0.15) is 0 Å². The second kappa shape index (κ2) is 5.10. The van der Waals surface area contributed by atoms with Crippen molar-refractivity contribution in [2.24, 2.45) is 0 Å². The van der Waals surface area contributed by atoms with Crippen molar-refractivity contribution < 1.29 is 13.6 Å². The van der Waals surface area contributed by atoms with Crippen molar-refractivity contribution in [1.82, 2.24) is 0 Å². The molecule has 0 fully saturated rings. The summed E-state index contributed by atoms with van der Waals surface area (Å²) in [5.74, 6) is -2.76. The Hall–Kier alpha value is -1.74. The predicted molar refractivity (Wildman–Crippen MR) is 70.7 cm³/mol. The van der Waals surface area contributed by atoms with Crippen LogP contribution in [0.4, 0.5) is 8.78 Å². The summed E-state index contributed by atoms with van der Waals surface area (Å²) in [5, 5.41) is 0.257. The second-order valence-corrected chi connectivity index (χ2v) is 4.70. The van der Waals surface area contributed by atoms with Crippen LogP contribution in [0.25, 0.3) is 0 Å². The molecule has 4 heteroatoms. The standard InChI is InChI=1S/C15H11ClF2O/c1-8-4-3-5-10(12(8)16)15(19)11-7-6-9(2)13(17)14(11)18/h3-7H,1-2H3. The first kappa shape index (κ1) is 13.7. The van der Waals surface area contributed by atoms with Crippen LogP contribution in [0.1, 0.15) is 27.0 Å². The number of aryl methyl sites for hydroxylation is 2. The van der Waals surface area contributed by atoms with Crippen molar-refractivity contribution in [3.8, 4) is 0 Å². The second-order valence-electron chi connectivity index (χ2n) is 4.32. The molecule has 0 aliphatic carbocycles. The van der Waals surface area contributed by atoms with E-state index in [1.807, 2.05) is 0 Å². The zero-order chi connectivity index (χ0) is 14.2. The number of ketones is 1. The predicted octanol–water partition coefficient (Wildman–Crippen LogP) is 4.47. The van der Waals surface area contributed by atoms with Gasteiger partial charge in [0.15, 0.2) is 17.4 Å². The van der Waals surface area contributed by atoms with Crippen molar-refractivity contribution in [3.05, 3.63) is 69.2 Å². The van der Waals surface area contributed by atoms with E-state index in [1.165, 1.54) is 25.1 Å². The van der Waals surface area contributed by atoms with Gasteiger partial charge in [-0.3, -0.25) is 4.79 Å². The lowest BCUT2D eigenvalue weighted by molar-refractivity contribution is 0.103. The molecule has 2 rings (SSSR count). The maximum absolute atomic E-state index is 13.8. The van der Waals surface area contributed by atoms with Gasteiger partial charge in [-0.05, 0) is 37.1 Å². The summed E-state index contributed by atoms with van der Waals surface area (Å²) >= 11 is 6.02. The van der Waals surface area contributed by atoms with Crippen LogP contribution < -0.4 is 0 Å². The van der Waals surface area contributed by atoms with Crippen LogP contribution in [0.2, 0.25) is 5.02 Å². The van der Waals surface area contributed by atoms with Gasteiger partial charge in [-0.2, -0.15) is 0 Å². The van der Waals surface area contributed by atoms with E-state index in [2.05, 4.69) is 0 Å². The molecule has 0 aliphatic rings. The highest BCUT2D eigenvalue weighted by molar-refractivity contribution is 6.35. The number of halogens is 3. The van der Waals surface area contributed by atoms with Gasteiger partial charge in [0, 0.05) is 5.56 Å². The van der Waals surface area contributed by atoms with E-state index in [0.29, 0.717) is 5.56 Å². The third-order valence-corrected chi connectivity index (χ3v) is 3.46. The molecule has 0 N–H and O–H groups in total. The molecular weight excluding hydrogens is 270 g/mol. The molecule has 19 heavy (non-hydrogen) atoms. The van der Waals surface area contributed by atoms with E-state index < -0.39 is 17.4 Å². The van der Waals surface area contributed by atoms with E-state index in [4.69, 9.17) is 11.6 Å². The molecule has 0 unspecified atom stereocenters. The van der Waals surface area contributed by atoms with Crippen LogP contribution in [0.5, 0.6) is 0 Å². The molecule has 0 bridgehead atoms. The van der Waals surface area contributed by atoms with Crippen molar-refractivity contribution >= 4 is 17.4 Å². The molecule has 0 aromatic heterocycles. The van der Waals surface area contributed by atoms with Crippen LogP contribution in [0.3, 0.4) is 0 Å². The first-order valence-corrected chi connectivity index (χ1v) is 6.05. The summed E-state index contributed by atoms with van der Waals surface area (Å²) in [6.07, 6.45) is 0. The topological polar surface area (TPSA) is 17.1 Å². The molecular formula is C15H11ClF2O. The minimum Gasteiger partial charge on any atom is -0.288 e. The Balaban J connectivity index is 2.57. The van der Waals surface area contributed by atoms with Crippen LogP contribution in [-0.2, 0) is 0 Å². The minimum atomic E-state index is -1.14. The summed E-state index contributed by atoms with van der Waals surface area (Å²) in [6, 6.07) is 7.53. The molecule has 0 radical (unpaired) electrons. The minimum absolute atomic E-state index is 0.157. The fourth-order valence-corrected chi connectivity index (χ4v) is 2.00. The highest BCUT2D eigenvalue weighted by Gasteiger charge is 2.20. The Labute approximate surface area is 114 Å². The number of hydrogen-bond donors (Lipinski definition) is 0. The van der Waals surface area contributed by atoms with Gasteiger partial charge in [0.2, 0.25) is 0 Å². The number of carbonyl (C=O) groups is 1. The Morgan fingerprint density at radius 2 is 1.63 bits per heavy atom. The Kier molecular flexibility index (Phi) is 3.67. The number of hydrogen-bond acceptors (Lipinski definition) is 1. The highest BCUT2D eigenvalue weighted by atomic mass is 35.5. The highest BCUT2D eigenvalue weighted by Crippen LogP contribution is 2.25. The van der Waals surface area contributed by atoms with Crippen molar-refractivity contribution in [3.63, 3.8) is 0 Å². The van der Waals surface area contributed by atoms with E-state index in [-0.39, 0.29) is 21.7 Å². The Bertz CT molecular complexity index is 665. The van der Waals surface area contributed by atoms with Gasteiger partial charge in [-0.15, -0.1) is 0 Å². The normalized spacial score (nSPS) is 10.6. The lowest BCUT2D eigenvalue weighted by Crippen LogP contribution is -2.08. The van der Waals surface area contributed by atoms with Gasteiger partial charge >= 0.3 is 0 Å². The quantitative estimate of drug-likeness (QED) is 0.742. The molecule has 0 saturated carbocycles. The third-order valence-electron chi connectivity index (χ3n) is 2.96. The van der Waals surface area contributed by atoms with E-state index in [9.17, 15) is 13.6 Å². The smallest absolute Gasteiger partial charge is 0.197 e. The maximum Gasteiger partial charge on any atom is 0.197 e. The molecule has 0 heterocycles. The van der Waals surface area contributed by atoms with Gasteiger partial charge in [0.05, 0.1) is 10.6 Å². The Morgan fingerprint density at radius 1 is 0.947 bits per heavy atom. The number of carbonyl (C=O) groups excluding carboxylic acids is 1. The summed E-state index contributed by atoms with van der Waals surface area (Å²) < 4.78 is 27.3. The summed E-state index contributed by atoms with van der Waals surface area (Å²) in [4.78, 5) is 12.2. The van der Waals surface area contributed by atoms with Crippen molar-refractivity contribution in [2.75, 3.05) is 0 Å². The molecule has 2 aromatic rings. The van der Waals surface area contributed by atoms with E-state index in [0.717, 1.165) is 0 Å². The fraction of sp³-hybridized carbons (Fsp3) is 0.133. The van der Waals surface area contributed by atoms with Crippen LogP contribution >= 0.6 is 11.6 Å². The summed E-state index contributed by atoms with van der Waals surface area (Å²) in [6.45, 7) is 3.18. The molecule has 0 saturated heterocycles. The van der Waals surface area contributed by atoms with E-state index in [1.54, 1.807) is 19.1 Å². The van der Waals surface area contributed by atoms with Gasteiger partial charge in [0.25, 0.3) is 0 Å². The first-order chi connectivity index (χ1) is 8.93. The first-order valence-electron chi connectivity index (χ1n) is 5.68. The van der Waals surface area contributed by atoms with Crippen LogP contribution in [-0.4, -0.2) is 5.78 Å². The van der Waals surface area contributed by atoms with Gasteiger partial charge in [-0.25, -0.2) is 8.78 Å². The lowest BCUT2D eigenvalue weighted by Gasteiger charge is -2.08. The summed E-state index contributed by atoms with van der Waals surface area (Å²) in [7, 11) is 0. The van der Waals surface area contributed by atoms with Crippen LogP contribution in [0.15, 0.2) is 30.3 Å². The monoisotopic (exact) mass is 280 g/mol. The van der Waals surface area contributed by atoms with Crippen molar-refractivity contribution in [1.29, 1.82) is 0 Å². The third kappa shape index (κ3) is 2.38. The number of rotatable bonds is 2. The molecule has 0 aliphatic heterocycles. The number of benzene rings is 2. The SMILES string of the molecule is Cc1ccc(C(=O)c2cccc(C)c2Cl)c(F)c1F. The van der Waals surface area contributed by atoms with Gasteiger partial charge in [-0.1, -0.05) is 29.8 Å². The molecule has 1 nitrogen and oxygen atoms in total. The van der Waals surface area contributed by atoms with Crippen LogP contribution in [0, 0.1) is 25.5 Å². The fourth-order valence-electron chi connectivity index (χ4n) is 1.79. The largest absolute Gasteiger partial charge is 0.288 e. The maximum atomic E-state index is 13.8. The molecule has 2 aromatic carbocycles. The molecule has 0 amide bonds. The average Bonchev–Trinajstić information content (AvgIpc) is 2.39. The van der Waals surface area contributed by atoms with E-state index >= 15 is 0 Å². The zero-order valence-electron chi connectivity index (χ0n) is 10.4. The van der Waals surface area contributed by atoms with Gasteiger partial charge < -0.3 is 0 Å². The Morgan fingerprint density at radius 3 is 2.32 bits per heavy atom. The lowest BCUT2D eigenvalue weighted by atomic mass is 10.00. The van der Waals surface area contributed by atoms with Crippen molar-refractivity contribution in [2.45, 2.75) is 13.8 Å². The summed E-state index contributed by atoms with van der Waals surface area (Å²) in [5.41, 5.74) is 0.726. The zero-order valence-corrected chi connectivity index (χ0v) is 11.2. The average molecular weight is 281 g/mol. The molecule has 0 spiro atoms.